The number of hydrazine groups is 1. The second-order valence-corrected chi connectivity index (χ2v) is 7.36. The second kappa shape index (κ2) is 6.47. The van der Waals surface area contributed by atoms with Crippen molar-refractivity contribution in [2.24, 2.45) is 7.05 Å². The molecular weight excluding hydrogens is 369 g/mol. The Morgan fingerprint density at radius 1 is 1.20 bits per heavy atom. The van der Waals surface area contributed by atoms with E-state index in [9.17, 15) is 17.6 Å². The topological polar surface area (TPSA) is 80.2 Å². The van der Waals surface area contributed by atoms with Crippen LogP contribution in [0.15, 0.2) is 53.6 Å². The summed E-state index contributed by atoms with van der Waals surface area (Å²) in [4.78, 5) is 14.0. The molecule has 1 amide bonds. The molecule has 0 aliphatic rings. The maximum absolute atomic E-state index is 13.1. The molecule has 0 atom stereocenters. The highest BCUT2D eigenvalue weighted by atomic mass is 35.5. The van der Waals surface area contributed by atoms with Crippen LogP contribution in [0.3, 0.4) is 0 Å². The van der Waals surface area contributed by atoms with Crippen LogP contribution in [0.4, 0.5) is 4.39 Å². The summed E-state index contributed by atoms with van der Waals surface area (Å²) >= 11 is 5.75. The number of para-hydroxylation sites is 1. The Bertz CT molecular complexity index is 1080. The first-order valence-corrected chi connectivity index (χ1v) is 8.97. The Hall–Kier alpha value is -2.42. The molecule has 0 aliphatic carbocycles. The van der Waals surface area contributed by atoms with Gasteiger partial charge in [0.1, 0.15) is 10.7 Å². The molecule has 2 aromatic carbocycles. The van der Waals surface area contributed by atoms with Crippen molar-refractivity contribution >= 4 is 38.4 Å². The lowest BCUT2D eigenvalue weighted by atomic mass is 10.2. The van der Waals surface area contributed by atoms with Gasteiger partial charge in [0.05, 0.1) is 10.6 Å². The molecule has 3 aromatic rings. The highest BCUT2D eigenvalue weighted by Crippen LogP contribution is 2.22. The van der Waals surface area contributed by atoms with E-state index >= 15 is 0 Å². The van der Waals surface area contributed by atoms with Gasteiger partial charge in [-0.2, -0.15) is 0 Å². The van der Waals surface area contributed by atoms with E-state index in [1.807, 2.05) is 17.0 Å². The summed E-state index contributed by atoms with van der Waals surface area (Å²) < 4.78 is 39.3. The molecule has 1 aromatic heterocycles. The molecule has 130 valence electrons. The maximum Gasteiger partial charge on any atom is 0.268 e. The Balaban J connectivity index is 1.84. The summed E-state index contributed by atoms with van der Waals surface area (Å²) in [5, 5.41) is 0.397. The monoisotopic (exact) mass is 381 g/mol. The van der Waals surface area contributed by atoms with E-state index in [0.29, 0.717) is 10.9 Å². The van der Waals surface area contributed by atoms with E-state index in [1.54, 1.807) is 29.9 Å². The minimum Gasteiger partial charge on any atom is -0.350 e. The lowest BCUT2D eigenvalue weighted by Crippen LogP contribution is -2.41. The fourth-order valence-corrected chi connectivity index (χ4v) is 3.82. The summed E-state index contributed by atoms with van der Waals surface area (Å²) in [5.41, 5.74) is 3.28. The van der Waals surface area contributed by atoms with E-state index in [4.69, 9.17) is 11.6 Å². The molecule has 0 fully saturated rings. The van der Waals surface area contributed by atoms with Gasteiger partial charge < -0.3 is 4.57 Å². The Morgan fingerprint density at radius 3 is 2.64 bits per heavy atom. The molecular formula is C16H13ClFN3O3S. The van der Waals surface area contributed by atoms with E-state index in [-0.39, 0.29) is 9.92 Å². The minimum absolute atomic E-state index is 0.285. The van der Waals surface area contributed by atoms with Crippen LogP contribution in [-0.4, -0.2) is 18.9 Å². The fourth-order valence-electron chi connectivity index (χ4n) is 2.45. The number of hydrogen-bond donors (Lipinski definition) is 2. The molecule has 0 unspecified atom stereocenters. The van der Waals surface area contributed by atoms with E-state index in [1.165, 1.54) is 0 Å². The number of nitrogens with one attached hydrogen (secondary N) is 2. The molecule has 0 bridgehead atoms. The van der Waals surface area contributed by atoms with Crippen LogP contribution in [0.2, 0.25) is 5.02 Å². The van der Waals surface area contributed by atoms with Crippen molar-refractivity contribution in [2.75, 3.05) is 0 Å². The number of aromatic nitrogens is 1. The number of amides is 1. The predicted octanol–water partition coefficient (Wildman–Crippen LogP) is 2.59. The van der Waals surface area contributed by atoms with Crippen LogP contribution >= 0.6 is 11.6 Å². The average molecular weight is 382 g/mol. The van der Waals surface area contributed by atoms with Gasteiger partial charge in [-0.15, -0.1) is 4.83 Å². The molecule has 3 rings (SSSR count). The Morgan fingerprint density at radius 2 is 1.92 bits per heavy atom. The van der Waals surface area contributed by atoms with E-state index < -0.39 is 21.7 Å². The van der Waals surface area contributed by atoms with E-state index in [0.717, 1.165) is 23.7 Å². The van der Waals surface area contributed by atoms with Crippen LogP contribution in [0.1, 0.15) is 10.4 Å². The molecule has 0 saturated heterocycles. The quantitative estimate of drug-likeness (QED) is 0.682. The average Bonchev–Trinajstić information content (AvgIpc) is 2.90. The standard InChI is InChI=1S/C16H13ClFN3O3S/c1-21-9-12(11-4-2-3-5-14(11)21)16(22)19-20-25(23,24)15-7-6-10(18)8-13(15)17/h2-9,20H,1H3,(H,19,22). The number of carbonyl (C=O) groups is 1. The first kappa shape index (κ1) is 17.4. The largest absolute Gasteiger partial charge is 0.350 e. The van der Waals surface area contributed by atoms with Gasteiger partial charge in [-0.1, -0.05) is 29.8 Å². The Labute approximate surface area is 148 Å². The molecule has 0 spiro atoms. The number of benzene rings is 2. The third-order valence-corrected chi connectivity index (χ3v) is 5.35. The minimum atomic E-state index is -4.14. The van der Waals surface area contributed by atoms with Crippen LogP contribution < -0.4 is 10.3 Å². The summed E-state index contributed by atoms with van der Waals surface area (Å²) in [7, 11) is -2.37. The van der Waals surface area contributed by atoms with Crippen molar-refractivity contribution in [3.8, 4) is 0 Å². The van der Waals surface area contributed by atoms with Crippen molar-refractivity contribution in [1.82, 2.24) is 14.8 Å². The SMILES string of the molecule is Cn1cc(C(=O)NNS(=O)(=O)c2ccc(F)cc2Cl)c2ccccc21. The molecule has 6 nitrogen and oxygen atoms in total. The summed E-state index contributed by atoms with van der Waals surface area (Å²) in [5.74, 6) is -1.29. The summed E-state index contributed by atoms with van der Waals surface area (Å²) in [6.45, 7) is 0. The number of sulfonamides is 1. The van der Waals surface area contributed by atoms with Crippen molar-refractivity contribution in [3.05, 3.63) is 65.1 Å². The normalized spacial score (nSPS) is 11.6. The van der Waals surface area contributed by atoms with Gasteiger partial charge >= 0.3 is 0 Å². The van der Waals surface area contributed by atoms with Gasteiger partial charge in [0.15, 0.2) is 0 Å². The smallest absolute Gasteiger partial charge is 0.268 e. The zero-order chi connectivity index (χ0) is 18.2. The van der Waals surface area contributed by atoms with Crippen molar-refractivity contribution in [1.29, 1.82) is 0 Å². The van der Waals surface area contributed by atoms with Gasteiger partial charge in [0, 0.05) is 24.1 Å². The predicted molar refractivity (Wildman–Crippen MR) is 92.1 cm³/mol. The number of halogens is 2. The van der Waals surface area contributed by atoms with Gasteiger partial charge in [-0.05, 0) is 24.3 Å². The molecule has 0 aliphatic heterocycles. The van der Waals surface area contributed by atoms with Crippen molar-refractivity contribution in [2.45, 2.75) is 4.90 Å². The van der Waals surface area contributed by atoms with Crippen molar-refractivity contribution in [3.63, 3.8) is 0 Å². The molecule has 0 saturated carbocycles. The summed E-state index contributed by atoms with van der Waals surface area (Å²) in [6.07, 6.45) is 1.60. The van der Waals surface area contributed by atoms with Gasteiger partial charge in [-0.25, -0.2) is 12.8 Å². The molecule has 2 N–H and O–H groups in total. The van der Waals surface area contributed by atoms with Crippen LogP contribution in [0, 0.1) is 5.82 Å². The molecule has 25 heavy (non-hydrogen) atoms. The number of carbonyl (C=O) groups excluding carboxylic acids is 1. The maximum atomic E-state index is 13.1. The van der Waals surface area contributed by atoms with Crippen molar-refractivity contribution < 1.29 is 17.6 Å². The second-order valence-electron chi connectivity index (χ2n) is 5.31. The highest BCUT2D eigenvalue weighted by molar-refractivity contribution is 7.89. The zero-order valence-corrected chi connectivity index (χ0v) is 14.5. The first-order chi connectivity index (χ1) is 11.8. The van der Waals surface area contributed by atoms with Crippen LogP contribution in [0.5, 0.6) is 0 Å². The number of nitrogens with zero attached hydrogens (tertiary/aromatic N) is 1. The zero-order valence-electron chi connectivity index (χ0n) is 13.0. The molecule has 1 heterocycles. The Kier molecular flexibility index (Phi) is 4.51. The number of rotatable bonds is 4. The van der Waals surface area contributed by atoms with Gasteiger partial charge in [0.25, 0.3) is 15.9 Å². The number of fused-ring (bicyclic) bond motifs is 1. The third kappa shape index (κ3) is 3.37. The van der Waals surface area contributed by atoms with E-state index in [2.05, 4.69) is 5.43 Å². The first-order valence-electron chi connectivity index (χ1n) is 7.11. The lowest BCUT2D eigenvalue weighted by Gasteiger charge is -2.09. The highest BCUT2D eigenvalue weighted by Gasteiger charge is 2.21. The van der Waals surface area contributed by atoms with Gasteiger partial charge in [0.2, 0.25) is 0 Å². The van der Waals surface area contributed by atoms with Crippen LogP contribution in [0.25, 0.3) is 10.9 Å². The van der Waals surface area contributed by atoms with Gasteiger partial charge in [-0.3, -0.25) is 10.2 Å². The molecule has 9 heteroatoms. The lowest BCUT2D eigenvalue weighted by molar-refractivity contribution is 0.0946. The van der Waals surface area contributed by atoms with Crippen LogP contribution in [-0.2, 0) is 17.1 Å². The third-order valence-electron chi connectivity index (χ3n) is 3.62. The molecule has 0 radical (unpaired) electrons. The number of hydrogen-bond acceptors (Lipinski definition) is 3. The summed E-state index contributed by atoms with van der Waals surface area (Å²) in [6, 6.07) is 10.1. The fraction of sp³-hybridized carbons (Fsp3) is 0.0625. The number of aryl methyl sites for hydroxylation is 1.